The molecule has 4 N–H and O–H groups in total. The van der Waals surface area contributed by atoms with Crippen molar-refractivity contribution in [2.24, 2.45) is 16.6 Å². The summed E-state index contributed by atoms with van der Waals surface area (Å²) in [7, 11) is 0. The van der Waals surface area contributed by atoms with Gasteiger partial charge in [-0.25, -0.2) is 4.99 Å². The van der Waals surface area contributed by atoms with E-state index in [2.05, 4.69) is 39.8 Å². The SMILES string of the molecule is CCNC(=NCc1cccc(CN2CCCC(C(N)=O)C2)c1)NCc1ccccc1Cl.I. The van der Waals surface area contributed by atoms with Gasteiger partial charge >= 0.3 is 0 Å². The molecule has 1 saturated heterocycles. The molecule has 6 nitrogen and oxygen atoms in total. The molecule has 1 fully saturated rings. The Morgan fingerprint density at radius 1 is 1.19 bits per heavy atom. The van der Waals surface area contributed by atoms with E-state index in [-0.39, 0.29) is 35.8 Å². The van der Waals surface area contributed by atoms with Crippen molar-refractivity contribution in [3.8, 4) is 0 Å². The molecule has 1 amide bonds. The lowest BCUT2D eigenvalue weighted by Gasteiger charge is -2.31. The molecule has 32 heavy (non-hydrogen) atoms. The molecule has 0 aromatic heterocycles. The molecule has 1 atom stereocenters. The van der Waals surface area contributed by atoms with Crippen LogP contribution in [0.1, 0.15) is 36.5 Å². The van der Waals surface area contributed by atoms with Gasteiger partial charge in [-0.15, -0.1) is 24.0 Å². The first-order valence-electron chi connectivity index (χ1n) is 10.9. The first kappa shape index (κ1) is 26.4. The monoisotopic (exact) mass is 569 g/mol. The summed E-state index contributed by atoms with van der Waals surface area (Å²) < 4.78 is 0. The molecule has 0 saturated carbocycles. The van der Waals surface area contributed by atoms with E-state index in [1.807, 2.05) is 31.2 Å². The van der Waals surface area contributed by atoms with Gasteiger partial charge in [0.25, 0.3) is 0 Å². The lowest BCUT2D eigenvalue weighted by molar-refractivity contribution is -0.123. The summed E-state index contributed by atoms with van der Waals surface area (Å²) in [4.78, 5) is 18.6. The van der Waals surface area contributed by atoms with E-state index in [9.17, 15) is 4.79 Å². The van der Waals surface area contributed by atoms with Crippen LogP contribution in [0.5, 0.6) is 0 Å². The lowest BCUT2D eigenvalue weighted by Crippen LogP contribution is -2.40. The molecule has 1 unspecified atom stereocenters. The molecule has 2 aromatic rings. The van der Waals surface area contributed by atoms with Crippen molar-refractivity contribution in [2.45, 2.75) is 39.4 Å². The van der Waals surface area contributed by atoms with Crippen LogP contribution >= 0.6 is 35.6 Å². The maximum absolute atomic E-state index is 11.5. The predicted molar refractivity (Wildman–Crippen MR) is 142 cm³/mol. The number of nitrogens with one attached hydrogen (secondary N) is 2. The van der Waals surface area contributed by atoms with Gasteiger partial charge in [0.2, 0.25) is 5.91 Å². The second-order valence-electron chi connectivity index (χ2n) is 7.94. The Balaban J connectivity index is 0.00000363. The van der Waals surface area contributed by atoms with Gasteiger partial charge in [-0.1, -0.05) is 54.1 Å². The molecule has 174 valence electrons. The topological polar surface area (TPSA) is 82.8 Å². The van der Waals surface area contributed by atoms with Gasteiger partial charge in [0.1, 0.15) is 0 Å². The number of piperidine rings is 1. The molecule has 1 aliphatic rings. The van der Waals surface area contributed by atoms with Crippen molar-refractivity contribution < 1.29 is 4.79 Å². The molecule has 8 heteroatoms. The standard InChI is InChI=1S/C24H32ClN5O.HI/c1-2-27-24(29-15-20-9-3-4-11-22(20)25)28-14-18-7-5-8-19(13-18)16-30-12-6-10-21(17-30)23(26)31;/h3-5,7-9,11,13,21H,2,6,10,12,14-17H2,1H3,(H2,26,31)(H2,27,28,29);1H. The lowest BCUT2D eigenvalue weighted by atomic mass is 9.97. The molecular weight excluding hydrogens is 537 g/mol. The second-order valence-corrected chi connectivity index (χ2v) is 8.34. The third kappa shape index (κ3) is 8.26. The van der Waals surface area contributed by atoms with Crippen LogP contribution in [-0.4, -0.2) is 36.4 Å². The Morgan fingerprint density at radius 2 is 1.97 bits per heavy atom. The predicted octanol–water partition coefficient (Wildman–Crippen LogP) is 3.91. The van der Waals surface area contributed by atoms with E-state index in [4.69, 9.17) is 22.3 Å². The molecule has 2 aromatic carbocycles. The number of benzene rings is 2. The van der Waals surface area contributed by atoms with Crippen LogP contribution in [0.2, 0.25) is 5.02 Å². The number of halogens is 2. The van der Waals surface area contributed by atoms with Crippen molar-refractivity contribution in [3.05, 3.63) is 70.2 Å². The summed E-state index contributed by atoms with van der Waals surface area (Å²) >= 11 is 6.25. The van der Waals surface area contributed by atoms with Crippen LogP contribution in [0.25, 0.3) is 0 Å². The van der Waals surface area contributed by atoms with E-state index >= 15 is 0 Å². The summed E-state index contributed by atoms with van der Waals surface area (Å²) in [6.07, 6.45) is 1.91. The Labute approximate surface area is 213 Å². The molecule has 0 spiro atoms. The number of nitrogens with two attached hydrogens (primary N) is 1. The average Bonchev–Trinajstić information content (AvgIpc) is 2.77. The zero-order chi connectivity index (χ0) is 22.1. The third-order valence-corrected chi connectivity index (χ3v) is 5.84. The minimum Gasteiger partial charge on any atom is -0.369 e. The van der Waals surface area contributed by atoms with Gasteiger partial charge in [-0.05, 0) is 49.1 Å². The minimum atomic E-state index is -0.187. The van der Waals surface area contributed by atoms with Crippen LogP contribution in [-0.2, 0) is 24.4 Å². The van der Waals surface area contributed by atoms with Crippen molar-refractivity contribution in [1.29, 1.82) is 0 Å². The number of amides is 1. The number of rotatable bonds is 8. The second kappa shape index (κ2) is 13.6. The number of nitrogens with zero attached hydrogens (tertiary/aromatic N) is 2. The zero-order valence-corrected chi connectivity index (χ0v) is 21.6. The van der Waals surface area contributed by atoms with E-state index < -0.39 is 0 Å². The minimum absolute atomic E-state index is 0. The van der Waals surface area contributed by atoms with Crippen molar-refractivity contribution >= 4 is 47.4 Å². The van der Waals surface area contributed by atoms with E-state index in [1.54, 1.807) is 0 Å². The molecule has 0 radical (unpaired) electrons. The van der Waals surface area contributed by atoms with Crippen LogP contribution in [0.3, 0.4) is 0 Å². The molecule has 0 bridgehead atoms. The maximum atomic E-state index is 11.5. The molecule has 0 aliphatic carbocycles. The summed E-state index contributed by atoms with van der Waals surface area (Å²) in [6, 6.07) is 16.3. The van der Waals surface area contributed by atoms with Crippen LogP contribution in [0.15, 0.2) is 53.5 Å². The van der Waals surface area contributed by atoms with Gasteiger partial charge in [-0.2, -0.15) is 0 Å². The largest absolute Gasteiger partial charge is 0.369 e. The van der Waals surface area contributed by atoms with Gasteiger partial charge in [-0.3, -0.25) is 9.69 Å². The van der Waals surface area contributed by atoms with Crippen LogP contribution in [0.4, 0.5) is 0 Å². The number of hydrogen-bond donors (Lipinski definition) is 3. The number of carbonyl (C=O) groups excluding carboxylic acids is 1. The smallest absolute Gasteiger partial charge is 0.221 e. The summed E-state index contributed by atoms with van der Waals surface area (Å²) in [5, 5.41) is 7.37. The highest BCUT2D eigenvalue weighted by molar-refractivity contribution is 14.0. The fourth-order valence-corrected chi connectivity index (χ4v) is 4.05. The highest BCUT2D eigenvalue weighted by Crippen LogP contribution is 2.19. The van der Waals surface area contributed by atoms with Gasteiger partial charge in [0, 0.05) is 31.2 Å². The fourth-order valence-electron chi connectivity index (χ4n) is 3.85. The highest BCUT2D eigenvalue weighted by Gasteiger charge is 2.23. The molecule has 1 aliphatic heterocycles. The van der Waals surface area contributed by atoms with Gasteiger partial charge in [0.05, 0.1) is 12.5 Å². The first-order valence-corrected chi connectivity index (χ1v) is 11.3. The van der Waals surface area contributed by atoms with Gasteiger partial charge in [0.15, 0.2) is 5.96 Å². The van der Waals surface area contributed by atoms with Crippen molar-refractivity contribution in [3.63, 3.8) is 0 Å². The Kier molecular flexibility index (Phi) is 11.3. The van der Waals surface area contributed by atoms with Gasteiger partial charge < -0.3 is 16.4 Å². The summed E-state index contributed by atoms with van der Waals surface area (Å²) in [6.45, 7) is 6.59. The quantitative estimate of drug-likeness (QED) is 0.256. The van der Waals surface area contributed by atoms with Crippen LogP contribution in [0, 0.1) is 5.92 Å². The summed E-state index contributed by atoms with van der Waals surface area (Å²) in [5.41, 5.74) is 8.92. The molecular formula is C24H33ClIN5O. The van der Waals surface area contributed by atoms with Crippen molar-refractivity contribution in [2.75, 3.05) is 19.6 Å². The zero-order valence-electron chi connectivity index (χ0n) is 18.5. The average molecular weight is 570 g/mol. The normalized spacial score (nSPS) is 16.8. The number of likely N-dealkylation sites (tertiary alicyclic amines) is 1. The fraction of sp³-hybridized carbons (Fsp3) is 0.417. The summed E-state index contributed by atoms with van der Waals surface area (Å²) in [5.74, 6) is 0.537. The van der Waals surface area contributed by atoms with Crippen molar-refractivity contribution in [1.82, 2.24) is 15.5 Å². The first-order chi connectivity index (χ1) is 15.0. The van der Waals surface area contributed by atoms with Crippen LogP contribution < -0.4 is 16.4 Å². The van der Waals surface area contributed by atoms with E-state index in [0.29, 0.717) is 13.1 Å². The van der Waals surface area contributed by atoms with E-state index in [1.165, 1.54) is 5.56 Å². The number of hydrogen-bond acceptors (Lipinski definition) is 3. The molecule has 3 rings (SSSR count). The number of carbonyl (C=O) groups is 1. The number of guanidine groups is 1. The maximum Gasteiger partial charge on any atom is 0.221 e. The van der Waals surface area contributed by atoms with E-state index in [0.717, 1.165) is 61.1 Å². The Hall–Kier alpha value is -1.84. The molecule has 1 heterocycles. The Morgan fingerprint density at radius 3 is 2.72 bits per heavy atom. The number of aliphatic imine (C=N–C) groups is 1. The number of primary amides is 1. The highest BCUT2D eigenvalue weighted by atomic mass is 127. The third-order valence-electron chi connectivity index (χ3n) is 5.47. The Bertz CT molecular complexity index is 907.